The lowest BCUT2D eigenvalue weighted by molar-refractivity contribution is -0.385. The average Bonchev–Trinajstić information content (AvgIpc) is 2.78. The van der Waals surface area contributed by atoms with E-state index in [0.717, 1.165) is 37.4 Å². The number of nitrogens with zero attached hydrogens (tertiary/aromatic N) is 5. The van der Waals surface area contributed by atoms with Gasteiger partial charge in [0.15, 0.2) is 0 Å². The van der Waals surface area contributed by atoms with Crippen LogP contribution in [0, 0.1) is 10.1 Å². The van der Waals surface area contributed by atoms with Crippen molar-refractivity contribution in [1.82, 2.24) is 14.9 Å². The van der Waals surface area contributed by atoms with E-state index < -0.39 is 43.0 Å². The van der Waals surface area contributed by atoms with E-state index in [1.165, 1.54) is 12.3 Å². The number of hydrogen-bond donors (Lipinski definition) is 1. The van der Waals surface area contributed by atoms with Crippen LogP contribution in [0.1, 0.15) is 5.56 Å². The molecule has 1 N–H and O–H groups in total. The molecule has 1 aliphatic heterocycles. The van der Waals surface area contributed by atoms with Crippen molar-refractivity contribution in [3.8, 4) is 0 Å². The molecule has 180 valence electrons. The number of benzene rings is 2. The van der Waals surface area contributed by atoms with Crippen molar-refractivity contribution in [3.05, 3.63) is 58.3 Å². The van der Waals surface area contributed by atoms with E-state index in [4.69, 9.17) is 0 Å². The van der Waals surface area contributed by atoms with Gasteiger partial charge in [-0.1, -0.05) is 6.07 Å². The molecule has 0 atom stereocenters. The maximum absolute atomic E-state index is 13.5. The predicted octanol–water partition coefficient (Wildman–Crippen LogP) is 3.11. The third-order valence-electron chi connectivity index (χ3n) is 5.37. The number of nitro groups is 1. The van der Waals surface area contributed by atoms with Gasteiger partial charge in [0.25, 0.3) is 15.7 Å². The first-order valence-corrected chi connectivity index (χ1v) is 11.5. The molecule has 1 aromatic heterocycles. The molecule has 0 spiro atoms. The van der Waals surface area contributed by atoms with Crippen LogP contribution in [-0.2, 0) is 16.2 Å². The molecule has 1 saturated heterocycles. The molecule has 0 unspecified atom stereocenters. The van der Waals surface area contributed by atoms with Gasteiger partial charge < -0.3 is 9.80 Å². The predicted molar refractivity (Wildman–Crippen MR) is 118 cm³/mol. The summed E-state index contributed by atoms with van der Waals surface area (Å²) in [7, 11) is -2.52. The van der Waals surface area contributed by atoms with Crippen LogP contribution in [0.5, 0.6) is 0 Å². The Morgan fingerprint density at radius 2 is 1.82 bits per heavy atom. The lowest BCUT2D eigenvalue weighted by atomic mass is 10.1. The molecule has 4 rings (SSSR count). The molecule has 0 radical (unpaired) electrons. The second kappa shape index (κ2) is 8.68. The number of aromatic nitrogens is 2. The zero-order chi connectivity index (χ0) is 24.7. The number of fused-ring (bicyclic) bond motifs is 1. The van der Waals surface area contributed by atoms with Crippen molar-refractivity contribution in [3.63, 3.8) is 0 Å². The summed E-state index contributed by atoms with van der Waals surface area (Å²) in [4.78, 5) is 22.3. The molecule has 0 amide bonds. The number of hydrogen-bond acceptors (Lipinski definition) is 8. The minimum absolute atomic E-state index is 0.0709. The number of alkyl halides is 3. The fourth-order valence-electron chi connectivity index (χ4n) is 3.50. The zero-order valence-electron chi connectivity index (χ0n) is 17.8. The van der Waals surface area contributed by atoms with Crippen molar-refractivity contribution < 1.29 is 26.5 Å². The second-order valence-electron chi connectivity index (χ2n) is 7.77. The van der Waals surface area contributed by atoms with E-state index in [1.54, 1.807) is 0 Å². The van der Waals surface area contributed by atoms with E-state index in [1.807, 2.05) is 11.9 Å². The number of nitro benzene ring substituents is 1. The zero-order valence-corrected chi connectivity index (χ0v) is 18.6. The first-order valence-electron chi connectivity index (χ1n) is 10.0. The highest BCUT2D eigenvalue weighted by Crippen LogP contribution is 2.36. The number of piperazine rings is 1. The second-order valence-corrected chi connectivity index (χ2v) is 9.45. The molecule has 0 aliphatic carbocycles. The van der Waals surface area contributed by atoms with E-state index in [-0.39, 0.29) is 11.0 Å². The van der Waals surface area contributed by atoms with Gasteiger partial charge in [-0.25, -0.2) is 13.4 Å². The van der Waals surface area contributed by atoms with Gasteiger partial charge in [-0.15, -0.1) is 0 Å². The summed E-state index contributed by atoms with van der Waals surface area (Å²) >= 11 is 0. The molecule has 34 heavy (non-hydrogen) atoms. The van der Waals surface area contributed by atoms with Crippen LogP contribution in [-0.4, -0.2) is 61.4 Å². The van der Waals surface area contributed by atoms with Gasteiger partial charge in [0, 0.05) is 38.3 Å². The fraction of sp³-hybridized carbons (Fsp3) is 0.300. The Kier molecular flexibility index (Phi) is 6.03. The van der Waals surface area contributed by atoms with Gasteiger partial charge in [-0.05, 0) is 25.2 Å². The minimum Gasteiger partial charge on any atom is -0.353 e. The highest BCUT2D eigenvalue weighted by atomic mass is 32.2. The number of nitrogens with one attached hydrogen (secondary N) is 1. The summed E-state index contributed by atoms with van der Waals surface area (Å²) in [5.41, 5.74) is -2.24. The normalized spacial score (nSPS) is 15.5. The van der Waals surface area contributed by atoms with Crippen LogP contribution >= 0.6 is 0 Å². The van der Waals surface area contributed by atoms with Gasteiger partial charge in [0.05, 0.1) is 32.8 Å². The van der Waals surface area contributed by atoms with Crippen molar-refractivity contribution in [2.45, 2.75) is 11.1 Å². The van der Waals surface area contributed by atoms with E-state index >= 15 is 0 Å². The van der Waals surface area contributed by atoms with Crippen LogP contribution in [0.3, 0.4) is 0 Å². The monoisotopic (exact) mass is 496 g/mol. The molecule has 0 bridgehead atoms. The number of halogens is 3. The van der Waals surface area contributed by atoms with E-state index in [2.05, 4.69) is 19.6 Å². The summed E-state index contributed by atoms with van der Waals surface area (Å²) in [5.74, 6) is 0.399. The lowest BCUT2D eigenvalue weighted by Gasteiger charge is -2.33. The smallest absolute Gasteiger partial charge is 0.353 e. The topological polar surface area (TPSA) is 122 Å². The van der Waals surface area contributed by atoms with Crippen molar-refractivity contribution in [2.75, 3.05) is 42.8 Å². The average molecular weight is 496 g/mol. The summed E-state index contributed by atoms with van der Waals surface area (Å²) in [5, 5.41) is 11.0. The Balaban J connectivity index is 1.81. The Labute approximate surface area is 192 Å². The maximum Gasteiger partial charge on any atom is 0.416 e. The van der Waals surface area contributed by atoms with Gasteiger partial charge in [0.2, 0.25) is 0 Å². The minimum atomic E-state index is -4.77. The van der Waals surface area contributed by atoms with Gasteiger partial charge in [-0.2, -0.15) is 13.2 Å². The highest BCUT2D eigenvalue weighted by molar-refractivity contribution is 7.92. The first-order chi connectivity index (χ1) is 15.9. The van der Waals surface area contributed by atoms with Crippen LogP contribution in [0.15, 0.2) is 47.5 Å². The molecule has 3 aromatic rings. The molecule has 1 fully saturated rings. The van der Waals surface area contributed by atoms with Crippen molar-refractivity contribution in [1.29, 1.82) is 0 Å². The molecule has 0 saturated carbocycles. The van der Waals surface area contributed by atoms with Gasteiger partial charge >= 0.3 is 6.18 Å². The van der Waals surface area contributed by atoms with E-state index in [9.17, 15) is 31.7 Å². The van der Waals surface area contributed by atoms with Crippen molar-refractivity contribution in [2.24, 2.45) is 0 Å². The SMILES string of the molecule is CN1CCN(c2cnc3cc(C(F)(F)F)cc(NS(=O)(=O)c4cccc([N+](=O)[O-])c4)c3n2)CC1. The number of anilines is 2. The molecule has 1 aliphatic rings. The Hall–Kier alpha value is -3.52. The number of non-ortho nitro benzene ring substituents is 1. The highest BCUT2D eigenvalue weighted by Gasteiger charge is 2.33. The lowest BCUT2D eigenvalue weighted by Crippen LogP contribution is -2.44. The standard InChI is InChI=1S/C20H19F3N6O4S/c1-27-5-7-28(8-6-27)18-12-24-16-9-13(20(21,22)23)10-17(19(16)25-18)26-34(32,33)15-4-2-3-14(11-15)29(30)31/h2-4,9-12,26H,5-8H2,1H3. The third kappa shape index (κ3) is 4.87. The summed E-state index contributed by atoms with van der Waals surface area (Å²) < 4.78 is 68.4. The van der Waals surface area contributed by atoms with Gasteiger partial charge in [0.1, 0.15) is 11.3 Å². The molecule has 14 heteroatoms. The largest absolute Gasteiger partial charge is 0.416 e. The summed E-state index contributed by atoms with van der Waals surface area (Å²) in [6.45, 7) is 2.73. The third-order valence-corrected chi connectivity index (χ3v) is 6.74. The molecule has 2 aromatic carbocycles. The summed E-state index contributed by atoms with van der Waals surface area (Å²) in [6, 6.07) is 5.63. The summed E-state index contributed by atoms with van der Waals surface area (Å²) in [6.07, 6.45) is -3.41. The molecule has 2 heterocycles. The van der Waals surface area contributed by atoms with Gasteiger partial charge in [-0.3, -0.25) is 19.8 Å². The number of rotatable bonds is 5. The van der Waals surface area contributed by atoms with Crippen molar-refractivity contribution >= 4 is 38.2 Å². The van der Waals surface area contributed by atoms with Crippen LogP contribution in [0.2, 0.25) is 0 Å². The molecule has 10 nitrogen and oxygen atoms in total. The molecular weight excluding hydrogens is 477 g/mol. The fourth-order valence-corrected chi connectivity index (χ4v) is 4.60. The number of sulfonamides is 1. The number of likely N-dealkylation sites (N-methyl/N-ethyl adjacent to an activating group) is 1. The van der Waals surface area contributed by atoms with Crippen LogP contribution in [0.4, 0.5) is 30.4 Å². The molecular formula is C20H19F3N6O4S. The quantitative estimate of drug-likeness (QED) is 0.423. The maximum atomic E-state index is 13.5. The van der Waals surface area contributed by atoms with E-state index in [0.29, 0.717) is 25.0 Å². The Morgan fingerprint density at radius 1 is 1.12 bits per heavy atom. The first kappa shape index (κ1) is 23.6. The Morgan fingerprint density at radius 3 is 2.47 bits per heavy atom. The van der Waals surface area contributed by atoms with Crippen LogP contribution in [0.25, 0.3) is 11.0 Å². The Bertz CT molecular complexity index is 1360. The van der Waals surface area contributed by atoms with Crippen LogP contribution < -0.4 is 9.62 Å².